The zero-order valence-electron chi connectivity index (χ0n) is 33.6. The van der Waals surface area contributed by atoms with Crippen molar-refractivity contribution in [3.8, 4) is 0 Å². The molecule has 1 heterocycles. The van der Waals surface area contributed by atoms with Gasteiger partial charge in [0.15, 0.2) is 9.84 Å². The standard InChI is InChI=1S/C42H61N5O7S/c1-8-28-22-42(28,34(48)36(50)43-29-16-17-29)45-35(49)33-31-30(40(31,6)7)23-47(33)37(51)32(27-20-25-14-10-11-15-26(25)21-27)44-38(52)46-41(18-12-9-13-19-41)24(2)55(53,54)39(3,4)5/h10-11,14-15,24,27-33H,8-9,12-13,16-23H2,1-7H3,(H,43,50)(H,45,49)(H2,44,46,52)/t24-,28?,30?,31?,32+,33+,42?/m1/s1. The smallest absolute Gasteiger partial charge is 0.315 e. The Morgan fingerprint density at radius 3 is 2.11 bits per heavy atom. The molecule has 55 heavy (non-hydrogen) atoms. The molecule has 6 aliphatic rings. The molecule has 0 spiro atoms. The van der Waals surface area contributed by atoms with E-state index in [1.807, 2.05) is 31.2 Å². The lowest BCUT2D eigenvalue weighted by Gasteiger charge is -2.44. The molecule has 7 rings (SSSR count). The van der Waals surface area contributed by atoms with E-state index in [9.17, 15) is 27.6 Å². The van der Waals surface area contributed by atoms with Gasteiger partial charge in [0.05, 0.1) is 15.5 Å². The number of fused-ring (bicyclic) bond motifs is 2. The van der Waals surface area contributed by atoms with Crippen LogP contribution in [0.1, 0.15) is 117 Å². The monoisotopic (exact) mass is 779 g/mol. The molecule has 5 aliphatic carbocycles. The molecule has 7 atom stereocenters. The number of urea groups is 1. The summed E-state index contributed by atoms with van der Waals surface area (Å²) in [5, 5.41) is 11.1. The van der Waals surface area contributed by atoms with E-state index in [0.717, 1.165) is 43.2 Å². The second-order valence-electron chi connectivity index (χ2n) is 19.3. The predicted octanol–water partition coefficient (Wildman–Crippen LogP) is 3.99. The van der Waals surface area contributed by atoms with E-state index in [4.69, 9.17) is 0 Å². The van der Waals surface area contributed by atoms with Crippen molar-refractivity contribution in [2.24, 2.45) is 29.1 Å². The molecule has 0 radical (unpaired) electrons. The average Bonchev–Trinajstić information content (AvgIpc) is 4.06. The van der Waals surface area contributed by atoms with E-state index in [1.165, 1.54) is 0 Å². The Bertz CT molecular complexity index is 1840. The summed E-state index contributed by atoms with van der Waals surface area (Å²) < 4.78 is 26.6. The minimum absolute atomic E-state index is 0.00134. The molecule has 5 amide bonds. The van der Waals surface area contributed by atoms with E-state index in [0.29, 0.717) is 45.1 Å². The maximum absolute atomic E-state index is 15.1. The summed E-state index contributed by atoms with van der Waals surface area (Å²) in [5.74, 6) is -2.65. The highest BCUT2D eigenvalue weighted by molar-refractivity contribution is 7.93. The number of benzene rings is 1. The van der Waals surface area contributed by atoms with Crippen molar-refractivity contribution < 1.29 is 32.4 Å². The van der Waals surface area contributed by atoms with Crippen molar-refractivity contribution in [1.29, 1.82) is 0 Å². The quantitative estimate of drug-likeness (QED) is 0.233. The highest BCUT2D eigenvalue weighted by atomic mass is 32.2. The highest BCUT2D eigenvalue weighted by Crippen LogP contribution is 2.65. The number of nitrogens with one attached hydrogen (secondary N) is 4. The van der Waals surface area contributed by atoms with Crippen molar-refractivity contribution >= 4 is 39.4 Å². The molecule has 1 saturated heterocycles. The Morgan fingerprint density at radius 2 is 1.56 bits per heavy atom. The summed E-state index contributed by atoms with van der Waals surface area (Å²) in [6.45, 7) is 13.2. The molecule has 13 heteroatoms. The third kappa shape index (κ3) is 6.98. The number of carbonyl (C=O) groups is 5. The van der Waals surface area contributed by atoms with Gasteiger partial charge in [-0.25, -0.2) is 13.2 Å². The molecule has 302 valence electrons. The fraction of sp³-hybridized carbons (Fsp3) is 0.738. The molecular weight excluding hydrogens is 719 g/mol. The normalized spacial score (nSPS) is 30.3. The van der Waals surface area contributed by atoms with Crippen molar-refractivity contribution in [2.75, 3.05) is 6.54 Å². The third-order valence-corrected chi connectivity index (χ3v) is 17.6. The summed E-state index contributed by atoms with van der Waals surface area (Å²) >= 11 is 0. The van der Waals surface area contributed by atoms with Gasteiger partial charge in [-0.15, -0.1) is 0 Å². The molecule has 1 aliphatic heterocycles. The Hall–Kier alpha value is -3.48. The number of hydrogen-bond donors (Lipinski definition) is 4. The number of ketones is 1. The maximum Gasteiger partial charge on any atom is 0.315 e. The number of amides is 5. The summed E-state index contributed by atoms with van der Waals surface area (Å²) in [6, 6.07) is 5.53. The second kappa shape index (κ2) is 13.9. The lowest BCUT2D eigenvalue weighted by atomic mass is 9.79. The Morgan fingerprint density at radius 1 is 0.945 bits per heavy atom. The first-order chi connectivity index (χ1) is 25.8. The molecule has 1 aromatic carbocycles. The predicted molar refractivity (Wildman–Crippen MR) is 208 cm³/mol. The molecule has 4 N–H and O–H groups in total. The van der Waals surface area contributed by atoms with Crippen LogP contribution >= 0.6 is 0 Å². The van der Waals surface area contributed by atoms with Crippen LogP contribution in [0.5, 0.6) is 0 Å². The molecule has 0 bridgehead atoms. The van der Waals surface area contributed by atoms with E-state index >= 15 is 4.79 Å². The van der Waals surface area contributed by atoms with Crippen LogP contribution in [-0.4, -0.2) is 88.6 Å². The zero-order chi connectivity index (χ0) is 39.9. The van der Waals surface area contributed by atoms with Gasteiger partial charge in [0, 0.05) is 12.6 Å². The number of Topliss-reactive ketones (excluding diaryl/α,β-unsaturated/α-hetero) is 1. The van der Waals surface area contributed by atoms with Crippen molar-refractivity contribution in [3.63, 3.8) is 0 Å². The first kappa shape index (κ1) is 39.7. The van der Waals surface area contributed by atoms with Gasteiger partial charge in [0.25, 0.3) is 5.91 Å². The van der Waals surface area contributed by atoms with Crippen LogP contribution in [0.2, 0.25) is 0 Å². The molecule has 5 fully saturated rings. The van der Waals surface area contributed by atoms with Crippen molar-refractivity contribution in [3.05, 3.63) is 35.4 Å². The van der Waals surface area contributed by atoms with Crippen molar-refractivity contribution in [2.45, 2.75) is 158 Å². The van der Waals surface area contributed by atoms with E-state index < -0.39 is 66.6 Å². The first-order valence-corrected chi connectivity index (χ1v) is 22.2. The van der Waals surface area contributed by atoms with Crippen LogP contribution in [0.15, 0.2) is 24.3 Å². The maximum atomic E-state index is 15.1. The number of piperidine rings is 1. The number of carbonyl (C=O) groups excluding carboxylic acids is 5. The zero-order valence-corrected chi connectivity index (χ0v) is 34.4. The summed E-state index contributed by atoms with van der Waals surface area (Å²) in [5.41, 5.74) is -0.302. The number of rotatable bonds is 12. The fourth-order valence-electron chi connectivity index (χ4n) is 10.5. The van der Waals surface area contributed by atoms with Crippen LogP contribution in [0.3, 0.4) is 0 Å². The minimum Gasteiger partial charge on any atom is -0.347 e. The van der Waals surface area contributed by atoms with Crippen LogP contribution in [0.25, 0.3) is 0 Å². The van der Waals surface area contributed by atoms with Gasteiger partial charge in [-0.2, -0.15) is 0 Å². The second-order valence-corrected chi connectivity index (χ2v) is 22.3. The van der Waals surface area contributed by atoms with Crippen LogP contribution < -0.4 is 21.3 Å². The Balaban J connectivity index is 1.16. The van der Waals surface area contributed by atoms with Gasteiger partial charge < -0.3 is 26.2 Å². The van der Waals surface area contributed by atoms with Gasteiger partial charge >= 0.3 is 6.03 Å². The number of sulfone groups is 1. The van der Waals surface area contributed by atoms with Crippen LogP contribution in [0.4, 0.5) is 4.79 Å². The topological polar surface area (TPSA) is 171 Å². The average molecular weight is 780 g/mol. The first-order valence-electron chi connectivity index (χ1n) is 20.6. The van der Waals surface area contributed by atoms with Crippen LogP contribution in [-0.2, 0) is 41.9 Å². The minimum atomic E-state index is -3.66. The summed E-state index contributed by atoms with van der Waals surface area (Å²) in [7, 11) is -3.66. The summed E-state index contributed by atoms with van der Waals surface area (Å²) in [6.07, 6.45) is 7.30. The number of likely N-dealkylation sites (tertiary alicyclic amines) is 1. The van der Waals surface area contributed by atoms with Crippen LogP contribution in [0, 0.1) is 29.1 Å². The lowest BCUT2D eigenvalue weighted by molar-refractivity contribution is -0.145. The third-order valence-electron chi connectivity index (χ3n) is 14.5. The van der Waals surface area contributed by atoms with E-state index in [-0.39, 0.29) is 41.0 Å². The molecule has 0 aromatic heterocycles. The number of hydrogen-bond acceptors (Lipinski definition) is 7. The van der Waals surface area contributed by atoms with Gasteiger partial charge in [-0.05, 0) is 113 Å². The molecular formula is C42H61N5O7S. The molecule has 4 saturated carbocycles. The molecule has 12 nitrogen and oxygen atoms in total. The Labute approximate surface area is 326 Å². The summed E-state index contributed by atoms with van der Waals surface area (Å²) in [4.78, 5) is 72.1. The van der Waals surface area contributed by atoms with Gasteiger partial charge in [-0.3, -0.25) is 19.2 Å². The van der Waals surface area contributed by atoms with E-state index in [2.05, 4.69) is 35.1 Å². The largest absolute Gasteiger partial charge is 0.347 e. The Kier molecular flexibility index (Phi) is 10.0. The number of nitrogens with zero attached hydrogens (tertiary/aromatic N) is 1. The lowest BCUT2D eigenvalue weighted by Crippen LogP contribution is -2.65. The molecule has 4 unspecified atom stereocenters. The SMILES string of the molecule is CCC1CC1(NC(=O)[C@@H]1C2C(CN1C(=O)[C@@H](NC(=O)NC1([C@@H](C)S(=O)(=O)C(C)(C)C)CCCCC1)C1Cc3ccccc3C1)C2(C)C)C(=O)C(=O)NC1CC1. The van der Waals surface area contributed by atoms with Gasteiger partial charge in [0.1, 0.15) is 17.6 Å². The molecule has 1 aromatic rings. The fourth-order valence-corrected chi connectivity index (χ4v) is 12.5. The van der Waals surface area contributed by atoms with Gasteiger partial charge in [-0.1, -0.05) is 70.7 Å². The van der Waals surface area contributed by atoms with E-state index in [1.54, 1.807) is 32.6 Å². The van der Waals surface area contributed by atoms with Crippen molar-refractivity contribution in [1.82, 2.24) is 26.2 Å². The highest BCUT2D eigenvalue weighted by Gasteiger charge is 2.71. The van der Waals surface area contributed by atoms with Gasteiger partial charge in [0.2, 0.25) is 17.6 Å².